The van der Waals surface area contributed by atoms with E-state index < -0.39 is 6.10 Å². The second kappa shape index (κ2) is 12.5. The van der Waals surface area contributed by atoms with Gasteiger partial charge >= 0.3 is 0 Å². The standard InChI is InChI=1S/C24H35N3O6/c28-20-15-21(33-23-6-2-4-14-31-23)19(16-32-22-5-1-3-13-30-22)18(20)9-12-26-27-24(29)17-7-10-25-11-8-17/h7-8,10-12,18-23,28H,1-6,9,13-16H2,(H,27,29)/t18-,19-,20+,21-,22?,23?/m1/s1. The van der Waals surface area contributed by atoms with Crippen LogP contribution < -0.4 is 5.43 Å². The van der Waals surface area contributed by atoms with Crippen LogP contribution >= 0.6 is 0 Å². The molecule has 33 heavy (non-hydrogen) atoms. The molecule has 2 saturated heterocycles. The van der Waals surface area contributed by atoms with Crippen molar-refractivity contribution in [3.05, 3.63) is 30.1 Å². The first-order valence-electron chi connectivity index (χ1n) is 12.1. The number of aromatic nitrogens is 1. The summed E-state index contributed by atoms with van der Waals surface area (Å²) in [7, 11) is 0. The molecule has 6 atom stereocenters. The molecule has 182 valence electrons. The minimum atomic E-state index is -0.540. The van der Waals surface area contributed by atoms with E-state index in [1.807, 2.05) is 0 Å². The van der Waals surface area contributed by atoms with E-state index in [4.69, 9.17) is 18.9 Å². The van der Waals surface area contributed by atoms with E-state index in [9.17, 15) is 9.90 Å². The van der Waals surface area contributed by atoms with Gasteiger partial charge in [-0.05, 0) is 63.0 Å². The van der Waals surface area contributed by atoms with Crippen molar-refractivity contribution in [3.8, 4) is 0 Å². The first-order valence-corrected chi connectivity index (χ1v) is 12.1. The molecule has 0 spiro atoms. The smallest absolute Gasteiger partial charge is 0.271 e. The second-order valence-corrected chi connectivity index (χ2v) is 8.96. The lowest BCUT2D eigenvalue weighted by Crippen LogP contribution is -2.35. The quantitative estimate of drug-likeness (QED) is 0.429. The number of hydrazone groups is 1. The Hall–Kier alpha value is -1.91. The molecule has 1 amide bonds. The molecule has 2 unspecified atom stereocenters. The van der Waals surface area contributed by atoms with Crippen LogP contribution in [0.1, 0.15) is 61.7 Å². The molecule has 1 aromatic rings. The Morgan fingerprint density at radius 3 is 2.55 bits per heavy atom. The number of hydrogen-bond donors (Lipinski definition) is 2. The average molecular weight is 462 g/mol. The third kappa shape index (κ3) is 7.04. The number of carbonyl (C=O) groups excluding carboxylic acids is 1. The van der Waals surface area contributed by atoms with Crippen molar-refractivity contribution >= 4 is 12.1 Å². The SMILES string of the molecule is O=C(NN=CC[C@@H]1[C@@H](COC2CCCCO2)[C@H](OC2CCCCO2)C[C@@H]1O)c1ccncc1. The normalized spacial score (nSPS) is 32.8. The Balaban J connectivity index is 1.34. The number of aliphatic hydroxyl groups excluding tert-OH is 1. The summed E-state index contributed by atoms with van der Waals surface area (Å²) >= 11 is 0. The average Bonchev–Trinajstić information content (AvgIpc) is 3.15. The van der Waals surface area contributed by atoms with Crippen LogP contribution in [0, 0.1) is 11.8 Å². The first-order chi connectivity index (χ1) is 16.2. The highest BCUT2D eigenvalue weighted by Gasteiger charge is 2.44. The Labute approximate surface area is 194 Å². The van der Waals surface area contributed by atoms with Gasteiger partial charge in [-0.1, -0.05) is 0 Å². The summed E-state index contributed by atoms with van der Waals surface area (Å²) in [6, 6.07) is 3.25. The predicted octanol–water partition coefficient (Wildman–Crippen LogP) is 2.64. The molecule has 1 aliphatic carbocycles. The Kier molecular flexibility index (Phi) is 9.19. The molecule has 0 bridgehead atoms. The monoisotopic (exact) mass is 461 g/mol. The molecular weight excluding hydrogens is 426 g/mol. The van der Waals surface area contributed by atoms with Crippen molar-refractivity contribution < 1.29 is 28.8 Å². The molecule has 0 radical (unpaired) electrons. The zero-order chi connectivity index (χ0) is 22.9. The summed E-state index contributed by atoms with van der Waals surface area (Å²) in [6.45, 7) is 1.88. The third-order valence-electron chi connectivity index (χ3n) is 6.65. The van der Waals surface area contributed by atoms with Crippen LogP contribution in [0.5, 0.6) is 0 Å². The van der Waals surface area contributed by atoms with E-state index in [1.165, 1.54) is 0 Å². The molecule has 9 nitrogen and oxygen atoms in total. The number of amides is 1. The highest BCUT2D eigenvalue weighted by atomic mass is 16.7. The molecule has 1 aromatic heterocycles. The summed E-state index contributed by atoms with van der Waals surface area (Å²) in [6.07, 6.45) is 10.8. The number of carbonyl (C=O) groups is 1. The van der Waals surface area contributed by atoms with Crippen LogP contribution in [0.25, 0.3) is 0 Å². The van der Waals surface area contributed by atoms with Gasteiger partial charge in [0.2, 0.25) is 0 Å². The van der Waals surface area contributed by atoms with Crippen LogP contribution in [0.2, 0.25) is 0 Å². The van der Waals surface area contributed by atoms with Gasteiger partial charge in [-0.15, -0.1) is 0 Å². The van der Waals surface area contributed by atoms with E-state index in [2.05, 4.69) is 15.5 Å². The van der Waals surface area contributed by atoms with Gasteiger partial charge in [0.1, 0.15) is 0 Å². The van der Waals surface area contributed by atoms with Gasteiger partial charge in [-0.2, -0.15) is 5.10 Å². The summed E-state index contributed by atoms with van der Waals surface area (Å²) in [4.78, 5) is 16.1. The van der Waals surface area contributed by atoms with Gasteiger partial charge in [0.25, 0.3) is 5.91 Å². The van der Waals surface area contributed by atoms with Gasteiger partial charge in [0, 0.05) is 49.7 Å². The number of nitrogens with zero attached hydrogens (tertiary/aromatic N) is 2. The lowest BCUT2D eigenvalue weighted by atomic mass is 9.91. The van der Waals surface area contributed by atoms with Gasteiger partial charge in [-0.25, -0.2) is 5.43 Å². The summed E-state index contributed by atoms with van der Waals surface area (Å²) in [5.74, 6) is -0.409. The fourth-order valence-corrected chi connectivity index (χ4v) is 4.79. The van der Waals surface area contributed by atoms with E-state index >= 15 is 0 Å². The van der Waals surface area contributed by atoms with Crippen molar-refractivity contribution in [1.29, 1.82) is 0 Å². The summed E-state index contributed by atoms with van der Waals surface area (Å²) in [5.41, 5.74) is 3.02. The van der Waals surface area contributed by atoms with Crippen molar-refractivity contribution in [1.82, 2.24) is 10.4 Å². The minimum absolute atomic E-state index is 0.0154. The molecule has 3 heterocycles. The van der Waals surface area contributed by atoms with Gasteiger partial charge < -0.3 is 24.1 Å². The Morgan fingerprint density at radius 2 is 1.85 bits per heavy atom. The maximum Gasteiger partial charge on any atom is 0.271 e. The van der Waals surface area contributed by atoms with E-state index in [0.717, 1.165) is 45.1 Å². The van der Waals surface area contributed by atoms with Gasteiger partial charge in [0.05, 0.1) is 18.8 Å². The summed E-state index contributed by atoms with van der Waals surface area (Å²) in [5, 5.41) is 14.9. The van der Waals surface area contributed by atoms with Crippen LogP contribution in [0.4, 0.5) is 0 Å². The van der Waals surface area contributed by atoms with E-state index in [1.54, 1.807) is 30.7 Å². The number of aliphatic hydroxyl groups is 1. The van der Waals surface area contributed by atoms with Crippen molar-refractivity contribution in [2.24, 2.45) is 16.9 Å². The zero-order valence-electron chi connectivity index (χ0n) is 19.0. The highest BCUT2D eigenvalue weighted by Crippen LogP contribution is 2.38. The number of ether oxygens (including phenoxy) is 4. The molecule has 3 aliphatic rings. The molecule has 2 aliphatic heterocycles. The van der Waals surface area contributed by atoms with Crippen LogP contribution in [-0.4, -0.2) is 66.8 Å². The number of rotatable bonds is 9. The minimum Gasteiger partial charge on any atom is -0.393 e. The number of nitrogens with one attached hydrogen (secondary N) is 1. The van der Waals surface area contributed by atoms with Crippen LogP contribution in [0.15, 0.2) is 29.6 Å². The van der Waals surface area contributed by atoms with E-state index in [-0.39, 0.29) is 36.4 Å². The molecule has 0 aromatic carbocycles. The lowest BCUT2D eigenvalue weighted by molar-refractivity contribution is -0.211. The molecule has 4 rings (SSSR count). The predicted molar refractivity (Wildman–Crippen MR) is 120 cm³/mol. The lowest BCUT2D eigenvalue weighted by Gasteiger charge is -2.31. The topological polar surface area (TPSA) is 112 Å². The number of pyridine rings is 1. The molecule has 1 saturated carbocycles. The summed E-state index contributed by atoms with van der Waals surface area (Å²) < 4.78 is 23.9. The second-order valence-electron chi connectivity index (χ2n) is 8.96. The Bertz CT molecular complexity index is 752. The number of hydrogen-bond acceptors (Lipinski definition) is 8. The van der Waals surface area contributed by atoms with Crippen LogP contribution in [0.3, 0.4) is 0 Å². The highest BCUT2D eigenvalue weighted by molar-refractivity contribution is 5.94. The maximum atomic E-state index is 12.2. The van der Waals surface area contributed by atoms with Gasteiger partial charge in [0.15, 0.2) is 12.6 Å². The molecule has 2 N–H and O–H groups in total. The van der Waals surface area contributed by atoms with Crippen molar-refractivity contribution in [2.75, 3.05) is 19.8 Å². The fourth-order valence-electron chi connectivity index (χ4n) is 4.79. The zero-order valence-corrected chi connectivity index (χ0v) is 19.0. The largest absolute Gasteiger partial charge is 0.393 e. The molecule has 9 heteroatoms. The van der Waals surface area contributed by atoms with E-state index in [0.29, 0.717) is 31.6 Å². The molecular formula is C24H35N3O6. The van der Waals surface area contributed by atoms with Gasteiger partial charge in [-0.3, -0.25) is 9.78 Å². The van der Waals surface area contributed by atoms with Crippen molar-refractivity contribution in [2.45, 2.75) is 76.2 Å². The Morgan fingerprint density at radius 1 is 1.12 bits per heavy atom. The maximum absolute atomic E-state index is 12.2. The fraction of sp³-hybridized carbons (Fsp3) is 0.708. The first kappa shape index (κ1) is 24.2. The molecule has 3 fully saturated rings. The van der Waals surface area contributed by atoms with Crippen LogP contribution in [-0.2, 0) is 18.9 Å². The third-order valence-corrected chi connectivity index (χ3v) is 6.65. The van der Waals surface area contributed by atoms with Crippen molar-refractivity contribution in [3.63, 3.8) is 0 Å².